The predicted octanol–water partition coefficient (Wildman–Crippen LogP) is 2.68. The maximum absolute atomic E-state index is 12.8. The molecule has 1 atom stereocenters. The van der Waals surface area contributed by atoms with E-state index in [1.54, 1.807) is 0 Å². The van der Waals surface area contributed by atoms with Crippen molar-refractivity contribution in [1.82, 2.24) is 10.2 Å². The number of rotatable bonds is 8. The van der Waals surface area contributed by atoms with Crippen molar-refractivity contribution in [2.75, 3.05) is 6.54 Å². The molecule has 0 heterocycles. The summed E-state index contributed by atoms with van der Waals surface area (Å²) in [4.78, 5) is 36.9. The van der Waals surface area contributed by atoms with Gasteiger partial charge in [0.2, 0.25) is 11.8 Å². The van der Waals surface area contributed by atoms with Crippen LogP contribution < -0.4 is 5.32 Å². The van der Waals surface area contributed by atoms with Crippen molar-refractivity contribution in [1.29, 1.82) is 0 Å². The van der Waals surface area contributed by atoms with Gasteiger partial charge >= 0.3 is 5.97 Å². The fourth-order valence-corrected chi connectivity index (χ4v) is 2.80. The molecule has 0 aliphatic heterocycles. The Morgan fingerprint density at radius 2 is 1.67 bits per heavy atom. The minimum atomic E-state index is -1.08. The van der Waals surface area contributed by atoms with Crippen LogP contribution in [-0.2, 0) is 20.9 Å². The summed E-state index contributed by atoms with van der Waals surface area (Å²) in [7, 11) is 0. The molecular formula is C21H24N2O4. The highest BCUT2D eigenvalue weighted by molar-refractivity contribution is 5.82. The molecule has 6 heteroatoms. The van der Waals surface area contributed by atoms with E-state index >= 15 is 0 Å². The van der Waals surface area contributed by atoms with Gasteiger partial charge in [-0.25, -0.2) is 0 Å². The van der Waals surface area contributed by atoms with E-state index in [0.717, 1.165) is 16.7 Å². The highest BCUT2D eigenvalue weighted by Crippen LogP contribution is 2.19. The quantitative estimate of drug-likeness (QED) is 0.750. The number of carboxylic acid groups (broad SMARTS) is 1. The lowest BCUT2D eigenvalue weighted by Gasteiger charge is -2.25. The van der Waals surface area contributed by atoms with Crippen LogP contribution in [0.5, 0.6) is 0 Å². The van der Waals surface area contributed by atoms with Crippen molar-refractivity contribution in [3.63, 3.8) is 0 Å². The molecule has 2 rings (SSSR count). The Hall–Kier alpha value is -3.15. The molecule has 2 N–H and O–H groups in total. The topological polar surface area (TPSA) is 86.7 Å². The molecule has 0 radical (unpaired) electrons. The molecule has 142 valence electrons. The van der Waals surface area contributed by atoms with Gasteiger partial charge in [-0.3, -0.25) is 14.4 Å². The largest absolute Gasteiger partial charge is 0.480 e. The summed E-state index contributed by atoms with van der Waals surface area (Å²) >= 11 is 0. The molecule has 27 heavy (non-hydrogen) atoms. The van der Waals surface area contributed by atoms with Gasteiger partial charge in [0.15, 0.2) is 0 Å². The zero-order valence-electron chi connectivity index (χ0n) is 15.5. The van der Waals surface area contributed by atoms with Gasteiger partial charge in [0.25, 0.3) is 0 Å². The lowest BCUT2D eigenvalue weighted by Crippen LogP contribution is -2.38. The van der Waals surface area contributed by atoms with E-state index in [2.05, 4.69) is 5.32 Å². The highest BCUT2D eigenvalue weighted by Gasteiger charge is 2.23. The molecule has 0 aliphatic carbocycles. The number of amides is 2. The molecule has 0 fully saturated rings. The Labute approximate surface area is 158 Å². The van der Waals surface area contributed by atoms with Crippen LogP contribution in [0.3, 0.4) is 0 Å². The van der Waals surface area contributed by atoms with Crippen molar-refractivity contribution in [2.45, 2.75) is 32.9 Å². The smallest absolute Gasteiger partial charge is 0.323 e. The number of carboxylic acids is 1. The molecule has 6 nitrogen and oxygen atoms in total. The molecular weight excluding hydrogens is 344 g/mol. The van der Waals surface area contributed by atoms with E-state index in [-0.39, 0.29) is 24.8 Å². The number of benzene rings is 2. The second-order valence-electron chi connectivity index (χ2n) is 6.50. The number of nitrogens with one attached hydrogen (secondary N) is 1. The number of aryl methyl sites for hydroxylation is 1. The molecule has 2 aromatic rings. The lowest BCUT2D eigenvalue weighted by atomic mass is 10.0. The number of nitrogens with zero attached hydrogens (tertiary/aromatic N) is 1. The van der Waals surface area contributed by atoms with Gasteiger partial charge in [-0.2, -0.15) is 0 Å². The molecule has 0 aromatic heterocycles. The third-order valence-electron chi connectivity index (χ3n) is 4.13. The minimum absolute atomic E-state index is 0.0112. The minimum Gasteiger partial charge on any atom is -0.480 e. The Balaban J connectivity index is 2.18. The Morgan fingerprint density at radius 3 is 2.22 bits per heavy atom. The third kappa shape index (κ3) is 6.58. The summed E-state index contributed by atoms with van der Waals surface area (Å²) < 4.78 is 0. The first-order chi connectivity index (χ1) is 12.8. The van der Waals surface area contributed by atoms with Crippen LogP contribution in [0.25, 0.3) is 0 Å². The maximum atomic E-state index is 12.8. The van der Waals surface area contributed by atoms with Gasteiger partial charge in [0.1, 0.15) is 6.54 Å². The van der Waals surface area contributed by atoms with Crippen molar-refractivity contribution < 1.29 is 19.5 Å². The van der Waals surface area contributed by atoms with E-state index < -0.39 is 18.6 Å². The van der Waals surface area contributed by atoms with Gasteiger partial charge in [0, 0.05) is 13.5 Å². The summed E-state index contributed by atoms with van der Waals surface area (Å²) in [6, 6.07) is 16.3. The number of carbonyl (C=O) groups is 3. The Kier molecular flexibility index (Phi) is 7.11. The van der Waals surface area contributed by atoms with Crippen LogP contribution in [0.4, 0.5) is 0 Å². The van der Waals surface area contributed by atoms with Gasteiger partial charge in [0.05, 0.1) is 12.5 Å². The van der Waals surface area contributed by atoms with Gasteiger partial charge in [-0.15, -0.1) is 0 Å². The Morgan fingerprint density at radius 1 is 1.04 bits per heavy atom. The van der Waals surface area contributed by atoms with Gasteiger partial charge in [-0.1, -0.05) is 60.2 Å². The molecule has 0 aliphatic rings. The van der Waals surface area contributed by atoms with Gasteiger partial charge < -0.3 is 15.3 Å². The first-order valence-electron chi connectivity index (χ1n) is 8.72. The van der Waals surface area contributed by atoms with E-state index in [1.165, 1.54) is 11.8 Å². The molecule has 0 saturated carbocycles. The second kappa shape index (κ2) is 9.52. The molecule has 0 bridgehead atoms. The fraction of sp³-hybridized carbons (Fsp3) is 0.286. The van der Waals surface area contributed by atoms with Crippen LogP contribution in [0.1, 0.15) is 36.1 Å². The lowest BCUT2D eigenvalue weighted by molar-refractivity contribution is -0.145. The van der Waals surface area contributed by atoms with Crippen LogP contribution >= 0.6 is 0 Å². The molecule has 2 aromatic carbocycles. The average Bonchev–Trinajstić information content (AvgIpc) is 2.61. The maximum Gasteiger partial charge on any atom is 0.323 e. The Bertz CT molecular complexity index is 788. The molecule has 1 unspecified atom stereocenters. The average molecular weight is 368 g/mol. The molecule has 0 spiro atoms. The zero-order chi connectivity index (χ0) is 19.8. The van der Waals surface area contributed by atoms with Crippen LogP contribution in [-0.4, -0.2) is 34.3 Å². The summed E-state index contributed by atoms with van der Waals surface area (Å²) in [6.45, 7) is 3.16. The summed E-state index contributed by atoms with van der Waals surface area (Å²) in [5.74, 6) is -1.66. The van der Waals surface area contributed by atoms with E-state index in [4.69, 9.17) is 0 Å². The van der Waals surface area contributed by atoms with E-state index in [9.17, 15) is 19.5 Å². The predicted molar refractivity (Wildman–Crippen MR) is 102 cm³/mol. The number of carbonyl (C=O) groups excluding carboxylic acids is 2. The first-order valence-corrected chi connectivity index (χ1v) is 8.72. The highest BCUT2D eigenvalue weighted by atomic mass is 16.4. The van der Waals surface area contributed by atoms with Crippen LogP contribution in [0, 0.1) is 6.92 Å². The molecule has 0 saturated heterocycles. The number of hydrogen-bond donors (Lipinski definition) is 2. The SMILES string of the molecule is CC(=O)NC(CC(=O)N(CC(=O)O)Cc1ccccc1)c1ccc(C)cc1. The van der Waals surface area contributed by atoms with Crippen LogP contribution in [0.15, 0.2) is 54.6 Å². The summed E-state index contributed by atoms with van der Waals surface area (Å²) in [5.41, 5.74) is 2.72. The standard InChI is InChI=1S/C21H24N2O4/c1-15-8-10-18(11-9-15)19(22-16(2)24)12-20(25)23(14-21(26)27)13-17-6-4-3-5-7-17/h3-11,19H,12-14H2,1-2H3,(H,22,24)(H,26,27). The van der Waals surface area contributed by atoms with Crippen LogP contribution in [0.2, 0.25) is 0 Å². The first kappa shape index (κ1) is 20.2. The number of aliphatic carboxylic acids is 1. The number of hydrogen-bond acceptors (Lipinski definition) is 3. The van der Waals surface area contributed by atoms with E-state index in [0.29, 0.717) is 0 Å². The normalized spacial score (nSPS) is 11.5. The fourth-order valence-electron chi connectivity index (χ4n) is 2.80. The summed E-state index contributed by atoms with van der Waals surface area (Å²) in [6.07, 6.45) is -0.0112. The second-order valence-corrected chi connectivity index (χ2v) is 6.50. The molecule has 2 amide bonds. The zero-order valence-corrected chi connectivity index (χ0v) is 15.5. The van der Waals surface area contributed by atoms with Crippen molar-refractivity contribution in [2.24, 2.45) is 0 Å². The van der Waals surface area contributed by atoms with Crippen molar-refractivity contribution >= 4 is 17.8 Å². The third-order valence-corrected chi connectivity index (χ3v) is 4.13. The van der Waals surface area contributed by atoms with E-state index in [1.807, 2.05) is 61.5 Å². The van der Waals surface area contributed by atoms with Crippen molar-refractivity contribution in [3.05, 3.63) is 71.3 Å². The summed E-state index contributed by atoms with van der Waals surface area (Å²) in [5, 5.41) is 12.0. The van der Waals surface area contributed by atoms with Crippen molar-refractivity contribution in [3.8, 4) is 0 Å². The monoisotopic (exact) mass is 368 g/mol. The van der Waals surface area contributed by atoms with Gasteiger partial charge in [-0.05, 0) is 18.1 Å².